The largest absolute Gasteiger partial charge is 0.432 e. The van der Waals surface area contributed by atoms with Gasteiger partial charge in [-0.05, 0) is 75.2 Å². The van der Waals surface area contributed by atoms with E-state index in [1.807, 2.05) is 99.4 Å². The number of nitrogens with zero attached hydrogens (tertiary/aromatic N) is 2. The van der Waals surface area contributed by atoms with Gasteiger partial charge in [0.25, 0.3) is 0 Å². The Labute approximate surface area is 357 Å². The molecule has 2 aromatic carbocycles. The Hall–Kier alpha value is -4.44. The van der Waals surface area contributed by atoms with Crippen LogP contribution in [0, 0.1) is 5.92 Å². The normalized spacial score (nSPS) is 18.8. The predicted molar refractivity (Wildman–Crippen MR) is 233 cm³/mol. The molecule has 4 rings (SSSR count). The smallest absolute Gasteiger partial charge is 0.243 e. The average molecular weight is 849 g/mol. The van der Waals surface area contributed by atoms with E-state index < -0.39 is 55.8 Å². The zero-order valence-corrected chi connectivity index (χ0v) is 37.5. The molecule has 0 aromatic heterocycles. The summed E-state index contributed by atoms with van der Waals surface area (Å²) in [6.07, 6.45) is 3.22. The number of ketones is 1. The fourth-order valence-corrected chi connectivity index (χ4v) is 8.45. The van der Waals surface area contributed by atoms with Crippen LogP contribution < -0.4 is 21.3 Å². The molecule has 2 saturated heterocycles. The molecule has 2 aromatic rings. The van der Waals surface area contributed by atoms with E-state index >= 15 is 0 Å². The molecule has 5 amide bonds. The molecule has 0 bridgehead atoms. The Kier molecular flexibility index (Phi) is 18.5. The summed E-state index contributed by atoms with van der Waals surface area (Å²) in [6, 6.07) is 15.7. The number of nitrogens with one attached hydrogen (secondary N) is 4. The summed E-state index contributed by atoms with van der Waals surface area (Å²) in [5, 5.41) is 11.6. The highest BCUT2D eigenvalue weighted by molar-refractivity contribution is 6.69. The molecule has 5 N–H and O–H groups in total. The molecule has 0 aliphatic carbocycles. The molecule has 330 valence electrons. The quantitative estimate of drug-likeness (QED) is 0.0781. The number of hydrogen-bond donors (Lipinski definition) is 5. The Morgan fingerprint density at radius 2 is 1.30 bits per heavy atom. The molecule has 0 saturated carbocycles. The lowest BCUT2D eigenvalue weighted by atomic mass is 9.93. The number of rotatable bonds is 24. The summed E-state index contributed by atoms with van der Waals surface area (Å²) in [5.74, 6) is -1.97. The van der Waals surface area contributed by atoms with Crippen molar-refractivity contribution in [1.29, 1.82) is 0 Å². The molecule has 0 spiro atoms. The zero-order chi connectivity index (χ0) is 43.9. The van der Waals surface area contributed by atoms with Crippen LogP contribution in [0.4, 0.5) is 0 Å². The first-order chi connectivity index (χ1) is 28.5. The number of aryl methyl sites for hydroxylation is 1. The second kappa shape index (κ2) is 23.0. The summed E-state index contributed by atoms with van der Waals surface area (Å²) < 4.78 is 5.41. The number of ether oxygens (including phenoxy) is 1. The van der Waals surface area contributed by atoms with Crippen LogP contribution in [0.15, 0.2) is 60.7 Å². The van der Waals surface area contributed by atoms with Gasteiger partial charge in [0.2, 0.25) is 29.5 Å². The van der Waals surface area contributed by atoms with Crippen molar-refractivity contribution in [2.45, 2.75) is 128 Å². The van der Waals surface area contributed by atoms with Gasteiger partial charge in [-0.15, -0.1) is 0 Å². The van der Waals surface area contributed by atoms with Crippen molar-refractivity contribution in [1.82, 2.24) is 31.1 Å². The average Bonchev–Trinajstić information content (AvgIpc) is 3.96. The Bertz CT molecular complexity index is 1730. The first-order valence-corrected chi connectivity index (χ1v) is 24.8. The van der Waals surface area contributed by atoms with Crippen LogP contribution in [0.1, 0.15) is 77.3 Å². The van der Waals surface area contributed by atoms with Gasteiger partial charge in [0.05, 0.1) is 19.2 Å². The Morgan fingerprint density at radius 3 is 1.85 bits per heavy atom. The molecule has 2 heterocycles. The fraction of sp³-hybridized carbons (Fsp3) is 0.600. The van der Waals surface area contributed by atoms with Crippen molar-refractivity contribution in [3.63, 3.8) is 0 Å². The van der Waals surface area contributed by atoms with Crippen molar-refractivity contribution < 1.29 is 38.3 Å². The van der Waals surface area contributed by atoms with Crippen LogP contribution in [0.25, 0.3) is 0 Å². The van der Waals surface area contributed by atoms with E-state index in [0.29, 0.717) is 64.3 Å². The second-order valence-electron chi connectivity index (χ2n) is 17.6. The van der Waals surface area contributed by atoms with E-state index in [-0.39, 0.29) is 55.9 Å². The lowest BCUT2D eigenvalue weighted by Crippen LogP contribution is -2.59. The minimum absolute atomic E-state index is 0.0438. The number of carbonyl (C=O) groups excluding carboxylic acids is 6. The standard InChI is InChI=1S/C45H68N6O8Si/c1-7-15-35(42(55)49-38(29-34-18-12-9-13-19-34)44(57)48-37(28-32(2)3)41(54)45(4)31-59-45)47-43(56)36(22-21-33-16-10-8-11-17-33)46-39(52)30-50-23-25-51(26-24-50)40(53)20-14-27-60(5,6)58/h8-13,16-19,32,35-38,58H,7,14-15,20-31H2,1-6H3,(H,46,52)(H,47,56)(H,48,57)(H,49,55)/t35-,36-,37?,38-,45+/m0/s1. The van der Waals surface area contributed by atoms with Gasteiger partial charge in [-0.25, -0.2) is 0 Å². The third kappa shape index (κ3) is 16.2. The highest BCUT2D eigenvalue weighted by Crippen LogP contribution is 2.29. The van der Waals surface area contributed by atoms with Gasteiger partial charge in [-0.2, -0.15) is 0 Å². The number of hydrogen-bond acceptors (Lipinski definition) is 9. The molecule has 14 nitrogen and oxygen atoms in total. The SMILES string of the molecule is CCC[C@H](NC(=O)[C@H](CCc1ccccc1)NC(=O)CN1CCN(C(=O)CCC[Si](C)(C)O)CC1)C(=O)N[C@@H](Cc1ccccc1)C(=O)NC(CC(C)C)C(=O)[C@@]1(C)CO1. The predicted octanol–water partition coefficient (Wildman–Crippen LogP) is 3.13. The molecule has 1 unspecified atom stereocenters. The van der Waals surface area contributed by atoms with E-state index in [1.54, 1.807) is 11.8 Å². The van der Waals surface area contributed by atoms with Gasteiger partial charge in [0.1, 0.15) is 23.7 Å². The fourth-order valence-electron chi connectivity index (χ4n) is 7.41. The van der Waals surface area contributed by atoms with E-state index in [1.165, 1.54) is 0 Å². The van der Waals surface area contributed by atoms with E-state index in [9.17, 15) is 33.6 Å². The van der Waals surface area contributed by atoms with Gasteiger partial charge < -0.3 is 35.7 Å². The van der Waals surface area contributed by atoms with Crippen LogP contribution in [0.3, 0.4) is 0 Å². The Balaban J connectivity index is 1.43. The number of epoxide rings is 1. The Morgan fingerprint density at radius 1 is 0.767 bits per heavy atom. The van der Waals surface area contributed by atoms with Crippen molar-refractivity contribution in [2.24, 2.45) is 5.92 Å². The summed E-state index contributed by atoms with van der Waals surface area (Å²) in [5.41, 5.74) is 0.853. The van der Waals surface area contributed by atoms with E-state index in [4.69, 9.17) is 4.74 Å². The van der Waals surface area contributed by atoms with Crippen molar-refractivity contribution >= 4 is 43.6 Å². The molecule has 5 atom stereocenters. The number of carbonyl (C=O) groups is 6. The molecule has 60 heavy (non-hydrogen) atoms. The monoisotopic (exact) mass is 848 g/mol. The minimum atomic E-state index is -2.21. The van der Waals surface area contributed by atoms with Gasteiger partial charge >= 0.3 is 0 Å². The first kappa shape index (κ1) is 48.2. The number of benzene rings is 2. The summed E-state index contributed by atoms with van der Waals surface area (Å²) in [7, 11) is -2.21. The van der Waals surface area contributed by atoms with Crippen molar-refractivity contribution in [3.8, 4) is 0 Å². The molecule has 2 aliphatic heterocycles. The van der Waals surface area contributed by atoms with Crippen LogP contribution in [0.5, 0.6) is 0 Å². The van der Waals surface area contributed by atoms with Crippen LogP contribution in [-0.4, -0.2) is 127 Å². The van der Waals surface area contributed by atoms with Gasteiger partial charge in [-0.3, -0.25) is 33.7 Å². The van der Waals surface area contributed by atoms with Crippen molar-refractivity contribution in [2.75, 3.05) is 39.3 Å². The zero-order valence-electron chi connectivity index (χ0n) is 36.5. The summed E-state index contributed by atoms with van der Waals surface area (Å²) >= 11 is 0. The molecule has 0 radical (unpaired) electrons. The number of piperazine rings is 1. The maximum Gasteiger partial charge on any atom is 0.243 e. The summed E-state index contributed by atoms with van der Waals surface area (Å²) in [6.45, 7) is 13.6. The third-order valence-corrected chi connectivity index (χ3v) is 12.6. The topological polar surface area (TPSA) is 190 Å². The molecule has 2 fully saturated rings. The molecular formula is C45H68N6O8Si. The van der Waals surface area contributed by atoms with Gasteiger partial charge in [0, 0.05) is 39.0 Å². The minimum Gasteiger partial charge on any atom is -0.432 e. The maximum absolute atomic E-state index is 14.1. The number of amides is 5. The van der Waals surface area contributed by atoms with Crippen LogP contribution in [-0.2, 0) is 46.3 Å². The van der Waals surface area contributed by atoms with E-state index in [2.05, 4.69) is 21.3 Å². The van der Waals surface area contributed by atoms with Crippen molar-refractivity contribution in [3.05, 3.63) is 71.8 Å². The van der Waals surface area contributed by atoms with Crippen LogP contribution in [0.2, 0.25) is 19.1 Å². The first-order valence-electron chi connectivity index (χ1n) is 21.7. The molecule has 15 heteroatoms. The molecule has 2 aliphatic rings. The maximum atomic E-state index is 14.1. The van der Waals surface area contributed by atoms with Crippen LogP contribution >= 0.6 is 0 Å². The lowest BCUT2D eigenvalue weighted by Gasteiger charge is -2.34. The second-order valence-corrected chi connectivity index (χ2v) is 21.8. The number of Topliss-reactive ketones (excluding diaryl/α,β-unsaturated/α-hetero) is 1. The van der Waals surface area contributed by atoms with Gasteiger partial charge in [-0.1, -0.05) is 87.9 Å². The highest BCUT2D eigenvalue weighted by Gasteiger charge is 2.50. The highest BCUT2D eigenvalue weighted by atomic mass is 28.4. The summed E-state index contributed by atoms with van der Waals surface area (Å²) in [4.78, 5) is 95.7. The van der Waals surface area contributed by atoms with E-state index in [0.717, 1.165) is 11.1 Å². The lowest BCUT2D eigenvalue weighted by molar-refractivity contribution is -0.135. The molecular weight excluding hydrogens is 781 g/mol. The van der Waals surface area contributed by atoms with Gasteiger partial charge in [0.15, 0.2) is 14.1 Å². The third-order valence-electron chi connectivity index (χ3n) is 11.1.